The third-order valence-electron chi connectivity index (χ3n) is 4.09. The van der Waals surface area contributed by atoms with Crippen molar-refractivity contribution in [2.24, 2.45) is 0 Å². The van der Waals surface area contributed by atoms with Crippen LogP contribution in [0, 0.1) is 0 Å². The molecule has 1 atom stereocenters. The smallest absolute Gasteiger partial charge is 0.336 e. The van der Waals surface area contributed by atoms with Gasteiger partial charge in [0.2, 0.25) is 0 Å². The van der Waals surface area contributed by atoms with Gasteiger partial charge in [0.05, 0.1) is 17.5 Å². The van der Waals surface area contributed by atoms with Gasteiger partial charge in [-0.05, 0) is 31.0 Å². The van der Waals surface area contributed by atoms with E-state index >= 15 is 0 Å². The zero-order valence-corrected chi connectivity index (χ0v) is 15.5. The fourth-order valence-electron chi connectivity index (χ4n) is 2.84. The molecule has 0 saturated carbocycles. The fraction of sp³-hybridized carbons (Fsp3) is 0.250. The Morgan fingerprint density at radius 1 is 1.12 bits per heavy atom. The molecule has 1 unspecified atom stereocenters. The lowest BCUT2D eigenvalue weighted by atomic mass is 9.95. The highest BCUT2D eigenvalue weighted by atomic mass is 35.5. The maximum absolute atomic E-state index is 13.3. The number of ether oxygens (including phenoxy) is 1. The molecule has 3 aromatic rings. The Hall–Kier alpha value is -2.66. The minimum atomic E-state index is -0.325. The number of rotatable bonds is 6. The van der Waals surface area contributed by atoms with Crippen LogP contribution in [-0.4, -0.2) is 27.3 Å². The second kappa shape index (κ2) is 8.15. The van der Waals surface area contributed by atoms with E-state index in [0.29, 0.717) is 29.4 Å². The highest BCUT2D eigenvalue weighted by Crippen LogP contribution is 2.30. The van der Waals surface area contributed by atoms with E-state index in [1.54, 1.807) is 6.07 Å². The van der Waals surface area contributed by atoms with Crippen molar-refractivity contribution < 1.29 is 9.53 Å². The molecule has 0 aliphatic rings. The highest BCUT2D eigenvalue weighted by Gasteiger charge is 2.26. The van der Waals surface area contributed by atoms with Crippen LogP contribution >= 0.6 is 11.6 Å². The van der Waals surface area contributed by atoms with Gasteiger partial charge in [-0.25, -0.2) is 0 Å². The molecular weight excluding hydrogens is 350 g/mol. The molecule has 0 fully saturated rings. The molecule has 0 bridgehead atoms. The van der Waals surface area contributed by atoms with Crippen LogP contribution < -0.4 is 4.74 Å². The molecule has 0 saturated heterocycles. The summed E-state index contributed by atoms with van der Waals surface area (Å²) in [6.45, 7) is 4.23. The lowest BCUT2D eigenvalue weighted by molar-refractivity contribution is 0.0858. The fourth-order valence-corrected chi connectivity index (χ4v) is 3.06. The van der Waals surface area contributed by atoms with Crippen molar-refractivity contribution in [2.75, 3.05) is 6.61 Å². The van der Waals surface area contributed by atoms with E-state index in [1.165, 1.54) is 4.68 Å². The molecule has 1 heterocycles. The zero-order chi connectivity index (χ0) is 18.5. The van der Waals surface area contributed by atoms with Gasteiger partial charge in [0.15, 0.2) is 5.82 Å². The van der Waals surface area contributed by atoms with Gasteiger partial charge in [-0.2, -0.15) is 9.67 Å². The molecular formula is C20H20ClN3O2. The van der Waals surface area contributed by atoms with E-state index in [0.717, 1.165) is 5.56 Å². The molecule has 134 valence electrons. The van der Waals surface area contributed by atoms with Crippen molar-refractivity contribution in [1.82, 2.24) is 14.8 Å². The first kappa shape index (κ1) is 18.1. The Morgan fingerprint density at radius 2 is 1.81 bits per heavy atom. The summed E-state index contributed by atoms with van der Waals surface area (Å²) in [5, 5.41) is 4.79. The van der Waals surface area contributed by atoms with Crippen LogP contribution in [0.1, 0.15) is 36.5 Å². The van der Waals surface area contributed by atoms with Gasteiger partial charge in [-0.3, -0.25) is 4.79 Å². The van der Waals surface area contributed by atoms with Crippen LogP contribution in [0.4, 0.5) is 0 Å². The molecule has 0 aliphatic heterocycles. The van der Waals surface area contributed by atoms with Gasteiger partial charge in [-0.15, -0.1) is 5.10 Å². The minimum Gasteiger partial charge on any atom is -0.463 e. The lowest BCUT2D eigenvalue weighted by Crippen LogP contribution is -2.22. The molecule has 6 heteroatoms. The third-order valence-corrected chi connectivity index (χ3v) is 4.42. The van der Waals surface area contributed by atoms with Crippen molar-refractivity contribution in [2.45, 2.75) is 26.2 Å². The highest BCUT2D eigenvalue weighted by molar-refractivity contribution is 6.33. The Labute approximate surface area is 157 Å². The van der Waals surface area contributed by atoms with E-state index in [4.69, 9.17) is 16.3 Å². The van der Waals surface area contributed by atoms with E-state index in [1.807, 2.05) is 62.4 Å². The molecule has 5 nitrogen and oxygen atoms in total. The quantitative estimate of drug-likeness (QED) is 0.624. The number of halogens is 1. The normalized spacial score (nSPS) is 12.0. The van der Waals surface area contributed by atoms with Crippen LogP contribution in [0.15, 0.2) is 54.6 Å². The molecule has 0 N–H and O–H groups in total. The summed E-state index contributed by atoms with van der Waals surface area (Å²) in [7, 11) is 0. The van der Waals surface area contributed by atoms with Crippen molar-refractivity contribution >= 4 is 17.5 Å². The molecule has 3 rings (SSSR count). The summed E-state index contributed by atoms with van der Waals surface area (Å²) in [6, 6.07) is 17.1. The summed E-state index contributed by atoms with van der Waals surface area (Å²) in [5.41, 5.74) is 1.59. The van der Waals surface area contributed by atoms with E-state index < -0.39 is 0 Å². The van der Waals surface area contributed by atoms with Gasteiger partial charge in [0.1, 0.15) is 0 Å². The van der Waals surface area contributed by atoms with E-state index in [-0.39, 0.29) is 17.8 Å². The Balaban J connectivity index is 2.08. The van der Waals surface area contributed by atoms with Crippen molar-refractivity contribution in [3.05, 3.63) is 65.2 Å². The van der Waals surface area contributed by atoms with Crippen LogP contribution in [0.25, 0.3) is 11.4 Å². The second-order valence-corrected chi connectivity index (χ2v) is 6.16. The monoisotopic (exact) mass is 369 g/mol. The molecule has 2 aromatic carbocycles. The minimum absolute atomic E-state index is 0.160. The summed E-state index contributed by atoms with van der Waals surface area (Å²) in [4.78, 5) is 17.6. The van der Waals surface area contributed by atoms with E-state index in [9.17, 15) is 4.79 Å². The average molecular weight is 370 g/mol. The predicted molar refractivity (Wildman–Crippen MR) is 102 cm³/mol. The summed E-state index contributed by atoms with van der Waals surface area (Å²) in [6.07, 6.45) is 0.647. The van der Waals surface area contributed by atoms with Crippen LogP contribution in [0.5, 0.6) is 6.01 Å². The van der Waals surface area contributed by atoms with Gasteiger partial charge in [0, 0.05) is 5.56 Å². The Bertz CT molecular complexity index is 893. The number of carbonyl (C=O) groups is 1. The third kappa shape index (κ3) is 3.63. The zero-order valence-electron chi connectivity index (χ0n) is 14.7. The SMILES string of the molecule is CCOc1nc(-c2ccccc2Cl)n(C(=O)C(CC)c2ccccc2)n1. The number of carbonyl (C=O) groups excluding carboxylic acids is 1. The largest absolute Gasteiger partial charge is 0.463 e. The van der Waals surface area contributed by atoms with Crippen LogP contribution in [-0.2, 0) is 0 Å². The van der Waals surface area contributed by atoms with Gasteiger partial charge in [0.25, 0.3) is 5.91 Å². The first-order valence-electron chi connectivity index (χ1n) is 8.59. The summed E-state index contributed by atoms with van der Waals surface area (Å²) >= 11 is 6.32. The Morgan fingerprint density at radius 3 is 2.46 bits per heavy atom. The topological polar surface area (TPSA) is 57.0 Å². The molecule has 1 aromatic heterocycles. The molecule has 0 spiro atoms. The summed E-state index contributed by atoms with van der Waals surface area (Å²) < 4.78 is 6.73. The second-order valence-electron chi connectivity index (χ2n) is 5.75. The van der Waals surface area contributed by atoms with Crippen LogP contribution in [0.3, 0.4) is 0 Å². The maximum atomic E-state index is 13.3. The molecule has 0 amide bonds. The number of nitrogens with zero attached hydrogens (tertiary/aromatic N) is 3. The summed E-state index contributed by atoms with van der Waals surface area (Å²) in [5.74, 6) is -0.0980. The van der Waals surface area contributed by atoms with Gasteiger partial charge in [-0.1, -0.05) is 61.0 Å². The predicted octanol–water partition coefficient (Wildman–Crippen LogP) is 4.83. The van der Waals surface area contributed by atoms with Crippen molar-refractivity contribution in [3.8, 4) is 17.4 Å². The number of hydrogen-bond donors (Lipinski definition) is 0. The van der Waals surface area contributed by atoms with Crippen molar-refractivity contribution in [1.29, 1.82) is 0 Å². The first-order chi connectivity index (χ1) is 12.7. The van der Waals surface area contributed by atoms with Gasteiger partial charge < -0.3 is 4.74 Å². The number of benzene rings is 2. The number of aromatic nitrogens is 3. The molecule has 26 heavy (non-hydrogen) atoms. The molecule has 0 aliphatic carbocycles. The maximum Gasteiger partial charge on any atom is 0.336 e. The van der Waals surface area contributed by atoms with E-state index in [2.05, 4.69) is 10.1 Å². The molecule has 0 radical (unpaired) electrons. The first-order valence-corrected chi connectivity index (χ1v) is 8.97. The number of hydrogen-bond acceptors (Lipinski definition) is 4. The average Bonchev–Trinajstić information content (AvgIpc) is 3.07. The van der Waals surface area contributed by atoms with Gasteiger partial charge >= 0.3 is 6.01 Å². The lowest BCUT2D eigenvalue weighted by Gasteiger charge is -2.15. The standard InChI is InChI=1S/C20H20ClN3O2/c1-3-15(14-10-6-5-7-11-14)19(25)24-18(22-20(23-24)26-4-2)16-12-8-9-13-17(16)21/h5-13,15H,3-4H2,1-2H3. The Kier molecular flexibility index (Phi) is 5.68. The van der Waals surface area contributed by atoms with Crippen molar-refractivity contribution in [3.63, 3.8) is 0 Å². The van der Waals surface area contributed by atoms with Crippen LogP contribution in [0.2, 0.25) is 5.02 Å².